The molecule has 2 radical (unpaired) electrons. The number of nitrogens with zero attached hydrogens (tertiary/aromatic N) is 5. The number of hydrogen-bond donors (Lipinski definition) is 2. The Hall–Kier alpha value is -1.79. The molecule has 186 valence electrons. The predicted molar refractivity (Wildman–Crippen MR) is 121 cm³/mol. The first kappa shape index (κ1) is 25.8. The van der Waals surface area contributed by atoms with Crippen LogP contribution in [-0.2, 0) is 10.4 Å². The number of piperidine rings is 2. The summed E-state index contributed by atoms with van der Waals surface area (Å²) in [6, 6.07) is 0.266. The van der Waals surface area contributed by atoms with E-state index in [1.54, 1.807) is 7.05 Å². The van der Waals surface area contributed by atoms with Crippen LogP contribution in [-0.4, -0.2) is 66.5 Å². The van der Waals surface area contributed by atoms with Crippen molar-refractivity contribution in [2.45, 2.75) is 115 Å². The van der Waals surface area contributed by atoms with Crippen molar-refractivity contribution in [3.05, 3.63) is 0 Å². The molecule has 0 saturated carbocycles. The van der Waals surface area contributed by atoms with Crippen LogP contribution in [0.3, 0.4) is 0 Å². The summed E-state index contributed by atoms with van der Waals surface area (Å²) in [7, 11) is 1.70. The van der Waals surface area contributed by atoms with Gasteiger partial charge in [-0.2, -0.15) is 9.97 Å². The lowest BCUT2D eigenvalue weighted by Crippen LogP contribution is -2.60. The molecule has 3 heterocycles. The molecule has 0 atom stereocenters. The third-order valence-electron chi connectivity index (χ3n) is 6.48. The Morgan fingerprint density at radius 3 is 1.33 bits per heavy atom. The fourth-order valence-corrected chi connectivity index (χ4v) is 5.42. The van der Waals surface area contributed by atoms with E-state index in [0.29, 0.717) is 25.7 Å². The van der Waals surface area contributed by atoms with Gasteiger partial charge in [0.2, 0.25) is 5.95 Å². The van der Waals surface area contributed by atoms with Gasteiger partial charge in [0.25, 0.3) is 0 Å². The molecule has 2 saturated heterocycles. The SMILES string of the molecule is CNNc1nc(OC2CC(C)(C)N([O])C(C)(C)C2)nc(OC2CC(C)(C)N([O])C(C)(C)C2)n1. The van der Waals surface area contributed by atoms with E-state index in [1.807, 2.05) is 55.4 Å². The van der Waals surface area contributed by atoms with Crippen molar-refractivity contribution in [3.8, 4) is 12.0 Å². The summed E-state index contributed by atoms with van der Waals surface area (Å²) >= 11 is 0. The number of hydrazine groups is 1. The highest BCUT2D eigenvalue weighted by atomic mass is 16.5. The molecule has 0 spiro atoms. The van der Waals surface area contributed by atoms with Gasteiger partial charge >= 0.3 is 12.0 Å². The molecule has 2 fully saturated rings. The predicted octanol–water partition coefficient (Wildman–Crippen LogP) is 2.91. The van der Waals surface area contributed by atoms with Crippen molar-refractivity contribution in [1.82, 2.24) is 30.5 Å². The third-order valence-corrected chi connectivity index (χ3v) is 6.48. The van der Waals surface area contributed by atoms with Crippen LogP contribution in [0.25, 0.3) is 0 Å². The van der Waals surface area contributed by atoms with Crippen LogP contribution in [0.2, 0.25) is 0 Å². The third kappa shape index (κ3) is 5.65. The Morgan fingerprint density at radius 1 is 0.697 bits per heavy atom. The van der Waals surface area contributed by atoms with Crippen molar-refractivity contribution in [3.63, 3.8) is 0 Å². The minimum Gasteiger partial charge on any atom is -0.460 e. The Labute approximate surface area is 196 Å². The first-order valence-corrected chi connectivity index (χ1v) is 11.5. The van der Waals surface area contributed by atoms with Gasteiger partial charge in [0, 0.05) is 54.9 Å². The molecule has 0 aromatic carbocycles. The van der Waals surface area contributed by atoms with Gasteiger partial charge in [-0.3, -0.25) is 5.43 Å². The smallest absolute Gasteiger partial charge is 0.324 e. The van der Waals surface area contributed by atoms with Crippen molar-refractivity contribution < 1.29 is 19.9 Å². The molecule has 0 aliphatic carbocycles. The highest BCUT2D eigenvalue weighted by molar-refractivity contribution is 5.26. The average Bonchev–Trinajstić information content (AvgIpc) is 2.63. The number of hydrogen-bond acceptors (Lipinski definition) is 9. The first-order chi connectivity index (χ1) is 15.1. The lowest BCUT2D eigenvalue weighted by Gasteiger charge is -2.49. The molecule has 1 aromatic rings. The molecule has 2 N–H and O–H groups in total. The maximum atomic E-state index is 12.7. The maximum Gasteiger partial charge on any atom is 0.324 e. The summed E-state index contributed by atoms with van der Waals surface area (Å²) in [5.41, 5.74) is 3.35. The van der Waals surface area contributed by atoms with E-state index in [-0.39, 0.29) is 30.2 Å². The van der Waals surface area contributed by atoms with Gasteiger partial charge in [-0.1, -0.05) is 0 Å². The number of anilines is 1. The van der Waals surface area contributed by atoms with Gasteiger partial charge in [-0.05, 0) is 55.4 Å². The van der Waals surface area contributed by atoms with Crippen LogP contribution >= 0.6 is 0 Å². The molecule has 0 bridgehead atoms. The molecule has 11 heteroatoms. The Morgan fingerprint density at radius 2 is 1.03 bits per heavy atom. The fraction of sp³-hybridized carbons (Fsp3) is 0.864. The molecular formula is C22H39N7O4. The normalized spacial score (nSPS) is 25.5. The fourth-order valence-electron chi connectivity index (χ4n) is 5.42. The molecule has 33 heavy (non-hydrogen) atoms. The molecule has 0 amide bonds. The minimum atomic E-state index is -0.575. The largest absolute Gasteiger partial charge is 0.460 e. The second-order valence-corrected chi connectivity index (χ2v) is 11.7. The van der Waals surface area contributed by atoms with Gasteiger partial charge in [0.15, 0.2) is 0 Å². The summed E-state index contributed by atoms with van der Waals surface area (Å²) in [5, 5.41) is 27.6. The zero-order chi connectivity index (χ0) is 24.8. The Balaban J connectivity index is 1.82. The molecule has 2 aliphatic rings. The zero-order valence-electron chi connectivity index (χ0n) is 21.4. The molecule has 3 rings (SSSR count). The van der Waals surface area contributed by atoms with Gasteiger partial charge < -0.3 is 9.47 Å². The summed E-state index contributed by atoms with van der Waals surface area (Å²) in [4.78, 5) is 13.1. The van der Waals surface area contributed by atoms with Gasteiger partial charge in [-0.15, -0.1) is 25.5 Å². The van der Waals surface area contributed by atoms with E-state index >= 15 is 0 Å². The first-order valence-electron chi connectivity index (χ1n) is 11.5. The number of nitrogens with one attached hydrogen (secondary N) is 2. The quantitative estimate of drug-likeness (QED) is 0.609. The highest BCUT2D eigenvalue weighted by Crippen LogP contribution is 2.40. The summed E-state index contributed by atoms with van der Waals surface area (Å²) < 4.78 is 12.3. The van der Waals surface area contributed by atoms with Crippen molar-refractivity contribution in [2.24, 2.45) is 0 Å². The van der Waals surface area contributed by atoms with E-state index in [1.165, 1.54) is 0 Å². The van der Waals surface area contributed by atoms with Crippen LogP contribution in [0.1, 0.15) is 81.1 Å². The van der Waals surface area contributed by atoms with E-state index in [9.17, 15) is 10.4 Å². The summed E-state index contributed by atoms with van der Waals surface area (Å²) in [6.45, 7) is 15.3. The number of ether oxygens (including phenoxy) is 2. The molecule has 1 aromatic heterocycles. The number of aromatic nitrogens is 3. The standard InChI is InChI=1S/C22H39N7O4/c1-19(2)10-14(11-20(3,4)28(19)30)32-17-24-16(27-23-9)25-18(26-17)33-15-12-21(5,6)29(31)22(7,8)13-15/h14-15,23H,10-13H2,1-9H3,(H,24,25,26,27). The Kier molecular flexibility index (Phi) is 6.86. The number of hydroxylamine groups is 4. The topological polar surface area (TPSA) is 127 Å². The molecule has 2 aliphatic heterocycles. The number of rotatable bonds is 6. The zero-order valence-corrected chi connectivity index (χ0v) is 21.4. The van der Waals surface area contributed by atoms with Crippen LogP contribution in [0, 0.1) is 0 Å². The van der Waals surface area contributed by atoms with E-state index in [0.717, 1.165) is 10.1 Å². The maximum absolute atomic E-state index is 12.7. The minimum absolute atomic E-state index is 0.133. The molecular weight excluding hydrogens is 426 g/mol. The van der Waals surface area contributed by atoms with Crippen LogP contribution in [0.4, 0.5) is 5.95 Å². The second kappa shape index (κ2) is 8.77. The highest BCUT2D eigenvalue weighted by Gasteiger charge is 2.48. The van der Waals surface area contributed by atoms with Crippen molar-refractivity contribution >= 4 is 5.95 Å². The van der Waals surface area contributed by atoms with Crippen LogP contribution < -0.4 is 20.3 Å². The van der Waals surface area contributed by atoms with Gasteiger partial charge in [0.05, 0.1) is 0 Å². The lowest BCUT2D eigenvalue weighted by atomic mass is 9.80. The van der Waals surface area contributed by atoms with Crippen molar-refractivity contribution in [1.29, 1.82) is 0 Å². The Bertz CT molecular complexity index is 748. The average molecular weight is 466 g/mol. The van der Waals surface area contributed by atoms with E-state index in [2.05, 4.69) is 25.8 Å². The van der Waals surface area contributed by atoms with Gasteiger partial charge in [0.1, 0.15) is 12.2 Å². The molecule has 0 unspecified atom stereocenters. The van der Waals surface area contributed by atoms with Crippen LogP contribution in [0.15, 0.2) is 0 Å². The van der Waals surface area contributed by atoms with Gasteiger partial charge in [-0.25, -0.2) is 5.43 Å². The van der Waals surface area contributed by atoms with Crippen LogP contribution in [0.5, 0.6) is 12.0 Å². The summed E-state index contributed by atoms with van der Waals surface area (Å²) in [6.07, 6.45) is 1.70. The lowest BCUT2D eigenvalue weighted by molar-refractivity contribution is -0.297. The van der Waals surface area contributed by atoms with Crippen molar-refractivity contribution in [2.75, 3.05) is 12.5 Å². The second-order valence-electron chi connectivity index (χ2n) is 11.7. The summed E-state index contributed by atoms with van der Waals surface area (Å²) in [5.74, 6) is 0.261. The van der Waals surface area contributed by atoms with E-state index < -0.39 is 22.2 Å². The monoisotopic (exact) mass is 465 g/mol. The van der Waals surface area contributed by atoms with E-state index in [4.69, 9.17) is 9.47 Å². The molecule has 11 nitrogen and oxygen atoms in total.